The number of carbonyl (C=O) groups is 1. The third kappa shape index (κ3) is 1.65. The molecule has 2 heterocycles. The van der Waals surface area contributed by atoms with Crippen LogP contribution in [0.3, 0.4) is 0 Å². The average Bonchev–Trinajstić information content (AvgIpc) is 2.88. The third-order valence-electron chi connectivity index (χ3n) is 2.56. The second-order valence-corrected chi connectivity index (χ2v) is 3.57. The topological polar surface area (TPSA) is 53.7 Å². The van der Waals surface area contributed by atoms with Gasteiger partial charge in [0, 0.05) is 25.6 Å². The van der Waals surface area contributed by atoms with E-state index in [2.05, 4.69) is 0 Å². The number of hydrogen-bond donors (Lipinski definition) is 1. The molecule has 14 heavy (non-hydrogen) atoms. The van der Waals surface area contributed by atoms with Crippen molar-refractivity contribution in [3.8, 4) is 0 Å². The van der Waals surface area contributed by atoms with Gasteiger partial charge in [0.15, 0.2) is 5.76 Å². The molecule has 4 nitrogen and oxygen atoms in total. The molecule has 4 heteroatoms. The first kappa shape index (κ1) is 9.27. The maximum Gasteiger partial charge on any atom is 0.289 e. The van der Waals surface area contributed by atoms with Crippen molar-refractivity contribution in [3.05, 3.63) is 24.2 Å². The van der Waals surface area contributed by atoms with Crippen molar-refractivity contribution in [2.45, 2.75) is 6.42 Å². The van der Waals surface area contributed by atoms with Gasteiger partial charge in [-0.15, -0.1) is 0 Å². The van der Waals surface area contributed by atoms with Crippen LogP contribution in [-0.4, -0.2) is 35.6 Å². The predicted octanol–water partition coefficient (Wildman–Crippen LogP) is 0.734. The Kier molecular flexibility index (Phi) is 2.54. The summed E-state index contributed by atoms with van der Waals surface area (Å²) >= 11 is 0. The van der Waals surface area contributed by atoms with E-state index in [4.69, 9.17) is 9.52 Å². The van der Waals surface area contributed by atoms with Crippen molar-refractivity contribution in [2.75, 3.05) is 19.7 Å². The molecule has 76 valence electrons. The molecule has 1 fully saturated rings. The molecule has 0 aliphatic carbocycles. The number of amides is 1. The van der Waals surface area contributed by atoms with E-state index in [1.807, 2.05) is 0 Å². The van der Waals surface area contributed by atoms with Crippen molar-refractivity contribution in [1.29, 1.82) is 0 Å². The maximum atomic E-state index is 11.7. The molecule has 0 unspecified atom stereocenters. The van der Waals surface area contributed by atoms with E-state index in [-0.39, 0.29) is 18.4 Å². The first-order valence-corrected chi connectivity index (χ1v) is 4.75. The van der Waals surface area contributed by atoms with Crippen LogP contribution in [0.15, 0.2) is 22.8 Å². The summed E-state index contributed by atoms with van der Waals surface area (Å²) in [7, 11) is 0. The zero-order chi connectivity index (χ0) is 9.97. The van der Waals surface area contributed by atoms with Gasteiger partial charge in [-0.1, -0.05) is 0 Å². The Balaban J connectivity index is 2.00. The van der Waals surface area contributed by atoms with Crippen molar-refractivity contribution in [1.82, 2.24) is 4.90 Å². The van der Waals surface area contributed by atoms with E-state index in [0.29, 0.717) is 18.8 Å². The van der Waals surface area contributed by atoms with Crippen LogP contribution in [0, 0.1) is 5.92 Å². The summed E-state index contributed by atoms with van der Waals surface area (Å²) in [6, 6.07) is 3.36. The van der Waals surface area contributed by atoms with Crippen LogP contribution in [0.5, 0.6) is 0 Å². The second-order valence-electron chi connectivity index (χ2n) is 3.57. The molecule has 1 aliphatic rings. The van der Waals surface area contributed by atoms with Crippen molar-refractivity contribution in [3.63, 3.8) is 0 Å². The first-order valence-electron chi connectivity index (χ1n) is 4.75. The van der Waals surface area contributed by atoms with Gasteiger partial charge < -0.3 is 14.4 Å². The van der Waals surface area contributed by atoms with Gasteiger partial charge >= 0.3 is 0 Å². The summed E-state index contributed by atoms with van der Waals surface area (Å²) in [6.07, 6.45) is 2.37. The highest BCUT2D eigenvalue weighted by molar-refractivity contribution is 5.91. The van der Waals surface area contributed by atoms with Gasteiger partial charge in [-0.25, -0.2) is 0 Å². The van der Waals surface area contributed by atoms with E-state index in [1.54, 1.807) is 17.0 Å². The zero-order valence-electron chi connectivity index (χ0n) is 7.85. The molecular formula is C10H13NO3. The lowest BCUT2D eigenvalue weighted by Gasteiger charge is -2.13. The fourth-order valence-electron chi connectivity index (χ4n) is 1.72. The van der Waals surface area contributed by atoms with Crippen molar-refractivity contribution < 1.29 is 14.3 Å². The van der Waals surface area contributed by atoms with Crippen LogP contribution in [-0.2, 0) is 0 Å². The SMILES string of the molecule is O=C(c1ccco1)N1CC[C@@H](CO)C1. The number of rotatable bonds is 2. The van der Waals surface area contributed by atoms with Crippen LogP contribution in [0.1, 0.15) is 17.0 Å². The van der Waals surface area contributed by atoms with E-state index >= 15 is 0 Å². The molecule has 1 N–H and O–H groups in total. The van der Waals surface area contributed by atoms with E-state index in [9.17, 15) is 4.79 Å². The van der Waals surface area contributed by atoms with Gasteiger partial charge in [-0.05, 0) is 18.6 Å². The number of aliphatic hydroxyl groups excluding tert-OH is 1. The molecule has 1 aromatic heterocycles. The summed E-state index contributed by atoms with van der Waals surface area (Å²) in [4.78, 5) is 13.4. The van der Waals surface area contributed by atoms with E-state index in [1.165, 1.54) is 6.26 Å². The molecule has 1 aliphatic heterocycles. The molecule has 0 bridgehead atoms. The molecule has 1 atom stereocenters. The summed E-state index contributed by atoms with van der Waals surface area (Å²) in [5.41, 5.74) is 0. The van der Waals surface area contributed by atoms with E-state index in [0.717, 1.165) is 6.42 Å². The number of hydrogen-bond acceptors (Lipinski definition) is 3. The van der Waals surface area contributed by atoms with Crippen LogP contribution < -0.4 is 0 Å². The van der Waals surface area contributed by atoms with Crippen LogP contribution in [0.25, 0.3) is 0 Å². The third-order valence-corrected chi connectivity index (χ3v) is 2.56. The molecule has 1 saturated heterocycles. The van der Waals surface area contributed by atoms with E-state index < -0.39 is 0 Å². The maximum absolute atomic E-state index is 11.7. The minimum Gasteiger partial charge on any atom is -0.459 e. The monoisotopic (exact) mass is 195 g/mol. The highest BCUT2D eigenvalue weighted by atomic mass is 16.3. The van der Waals surface area contributed by atoms with Gasteiger partial charge in [-0.3, -0.25) is 4.79 Å². The Hall–Kier alpha value is -1.29. The number of aliphatic hydroxyl groups is 1. The Morgan fingerprint density at radius 2 is 2.57 bits per heavy atom. The largest absolute Gasteiger partial charge is 0.459 e. The lowest BCUT2D eigenvalue weighted by atomic mass is 10.1. The molecule has 0 aromatic carbocycles. The van der Waals surface area contributed by atoms with Crippen LogP contribution in [0.2, 0.25) is 0 Å². The fourth-order valence-corrected chi connectivity index (χ4v) is 1.72. The highest BCUT2D eigenvalue weighted by Gasteiger charge is 2.27. The lowest BCUT2D eigenvalue weighted by molar-refractivity contribution is 0.0750. The van der Waals surface area contributed by atoms with Crippen molar-refractivity contribution >= 4 is 5.91 Å². The summed E-state index contributed by atoms with van der Waals surface area (Å²) < 4.78 is 5.02. The minimum atomic E-state index is -0.0778. The van der Waals surface area contributed by atoms with Gasteiger partial charge in [0.1, 0.15) is 0 Å². The van der Waals surface area contributed by atoms with Gasteiger partial charge in [0.2, 0.25) is 0 Å². The standard InChI is InChI=1S/C10H13NO3/c12-7-8-3-4-11(6-8)10(13)9-2-1-5-14-9/h1-2,5,8,12H,3-4,6-7H2/t8-/m1/s1. The van der Waals surface area contributed by atoms with Crippen molar-refractivity contribution in [2.24, 2.45) is 5.92 Å². The highest BCUT2D eigenvalue weighted by Crippen LogP contribution is 2.18. The number of furan rings is 1. The molecule has 0 radical (unpaired) electrons. The molecular weight excluding hydrogens is 182 g/mol. The minimum absolute atomic E-state index is 0.0778. The smallest absolute Gasteiger partial charge is 0.289 e. The van der Waals surface area contributed by atoms with Gasteiger partial charge in [-0.2, -0.15) is 0 Å². The first-order chi connectivity index (χ1) is 6.81. The Morgan fingerprint density at radius 3 is 3.14 bits per heavy atom. The quantitative estimate of drug-likeness (QED) is 0.757. The molecule has 2 rings (SSSR count). The van der Waals surface area contributed by atoms with Gasteiger partial charge in [0.05, 0.1) is 6.26 Å². The number of carbonyl (C=O) groups excluding carboxylic acids is 1. The summed E-state index contributed by atoms with van der Waals surface area (Å²) in [6.45, 7) is 1.50. The fraction of sp³-hybridized carbons (Fsp3) is 0.500. The molecule has 1 aromatic rings. The van der Waals surface area contributed by atoms with Gasteiger partial charge in [0.25, 0.3) is 5.91 Å². The molecule has 0 spiro atoms. The second kappa shape index (κ2) is 3.84. The van der Waals surface area contributed by atoms with Crippen LogP contribution in [0.4, 0.5) is 0 Å². The average molecular weight is 195 g/mol. The predicted molar refractivity (Wildman–Crippen MR) is 49.8 cm³/mol. The Morgan fingerprint density at radius 1 is 1.71 bits per heavy atom. The zero-order valence-corrected chi connectivity index (χ0v) is 7.85. The molecule has 0 saturated carbocycles. The Labute approximate surface area is 82.1 Å². The van der Waals surface area contributed by atoms with Crippen LogP contribution >= 0.6 is 0 Å². The lowest BCUT2D eigenvalue weighted by Crippen LogP contribution is -2.28. The molecule has 1 amide bonds. The number of likely N-dealkylation sites (tertiary alicyclic amines) is 1. The number of nitrogens with zero attached hydrogens (tertiary/aromatic N) is 1. The Bertz CT molecular complexity index is 307. The summed E-state index contributed by atoms with van der Waals surface area (Å²) in [5, 5.41) is 8.93. The normalized spacial score (nSPS) is 21.5. The summed E-state index contributed by atoms with van der Waals surface area (Å²) in [5.74, 6) is 0.531.